The Morgan fingerprint density at radius 2 is 1.56 bits per heavy atom. The van der Waals surface area contributed by atoms with Gasteiger partial charge < -0.3 is 10.2 Å². The molecule has 12 heteroatoms. The van der Waals surface area contributed by atoms with Crippen molar-refractivity contribution < 1.29 is 18.0 Å². The van der Waals surface area contributed by atoms with Gasteiger partial charge in [-0.2, -0.15) is 0 Å². The predicted molar refractivity (Wildman–Crippen MR) is 167 cm³/mol. The van der Waals surface area contributed by atoms with Crippen molar-refractivity contribution in [2.75, 3.05) is 17.4 Å². The van der Waals surface area contributed by atoms with Crippen LogP contribution >= 0.6 is 46.4 Å². The van der Waals surface area contributed by atoms with Crippen LogP contribution in [-0.2, 0) is 26.2 Å². The second kappa shape index (κ2) is 14.6. The van der Waals surface area contributed by atoms with E-state index in [0.29, 0.717) is 28.6 Å². The van der Waals surface area contributed by atoms with Gasteiger partial charge >= 0.3 is 0 Å². The third-order valence-electron chi connectivity index (χ3n) is 6.37. The minimum atomic E-state index is -4.24. The average molecular weight is 659 g/mol. The zero-order valence-corrected chi connectivity index (χ0v) is 26.7. The lowest BCUT2D eigenvalue weighted by atomic mass is 10.1. The molecule has 0 radical (unpaired) electrons. The lowest BCUT2D eigenvalue weighted by Gasteiger charge is -2.33. The summed E-state index contributed by atoms with van der Waals surface area (Å²) in [6.45, 7) is 5.30. The molecule has 0 aliphatic heterocycles. The summed E-state index contributed by atoms with van der Waals surface area (Å²) in [5.41, 5.74) is 1.56. The number of nitrogens with zero attached hydrogens (tertiary/aromatic N) is 2. The topological polar surface area (TPSA) is 86.8 Å². The van der Waals surface area contributed by atoms with Crippen LogP contribution in [0.1, 0.15) is 37.8 Å². The molecule has 0 aliphatic carbocycles. The van der Waals surface area contributed by atoms with E-state index in [1.807, 2.05) is 13.8 Å². The lowest BCUT2D eigenvalue weighted by Crippen LogP contribution is -2.52. The summed E-state index contributed by atoms with van der Waals surface area (Å²) >= 11 is 24.9. The Morgan fingerprint density at radius 1 is 0.878 bits per heavy atom. The molecule has 0 saturated carbocycles. The molecule has 0 heterocycles. The molecule has 1 N–H and O–H groups in total. The SMILES string of the molecule is CCCNC(=O)[C@H](CC)N(Cc1ccc(Cl)cc1Cl)C(=O)CN(c1ccc(Cl)c(Cl)c1)S(=O)(=O)c1ccc(C)cc1. The maximum Gasteiger partial charge on any atom is 0.264 e. The maximum absolute atomic E-state index is 14.1. The second-order valence-electron chi connectivity index (χ2n) is 9.40. The number of sulfonamides is 1. The van der Waals surface area contributed by atoms with Crippen molar-refractivity contribution in [3.8, 4) is 0 Å². The molecule has 0 aromatic heterocycles. The highest BCUT2D eigenvalue weighted by Crippen LogP contribution is 2.31. The third-order valence-corrected chi connectivity index (χ3v) is 9.48. The highest BCUT2D eigenvalue weighted by Gasteiger charge is 2.34. The van der Waals surface area contributed by atoms with Gasteiger partial charge in [-0.05, 0) is 67.8 Å². The molecule has 0 spiro atoms. The van der Waals surface area contributed by atoms with Gasteiger partial charge in [0.15, 0.2) is 0 Å². The summed E-state index contributed by atoms with van der Waals surface area (Å²) in [7, 11) is -4.24. The molecule has 220 valence electrons. The molecule has 41 heavy (non-hydrogen) atoms. The van der Waals surface area contributed by atoms with Gasteiger partial charge in [-0.1, -0.05) is 84.0 Å². The molecule has 2 amide bonds. The quantitative estimate of drug-likeness (QED) is 0.224. The van der Waals surface area contributed by atoms with Crippen LogP contribution in [0.25, 0.3) is 0 Å². The van der Waals surface area contributed by atoms with E-state index in [-0.39, 0.29) is 39.5 Å². The van der Waals surface area contributed by atoms with E-state index in [1.54, 1.807) is 37.3 Å². The van der Waals surface area contributed by atoms with E-state index in [1.165, 1.54) is 35.2 Å². The molecule has 7 nitrogen and oxygen atoms in total. The fourth-order valence-corrected chi connectivity index (χ4v) is 6.29. The van der Waals surface area contributed by atoms with Crippen LogP contribution in [0, 0.1) is 6.92 Å². The number of carbonyl (C=O) groups is 2. The molecule has 1 atom stereocenters. The first-order valence-corrected chi connectivity index (χ1v) is 15.9. The number of anilines is 1. The Morgan fingerprint density at radius 3 is 2.15 bits per heavy atom. The van der Waals surface area contributed by atoms with E-state index in [9.17, 15) is 18.0 Å². The summed E-state index contributed by atoms with van der Waals surface area (Å²) in [4.78, 5) is 28.6. The molecule has 3 aromatic carbocycles. The Bertz CT molecular complexity index is 1500. The van der Waals surface area contributed by atoms with Gasteiger partial charge in [-0.3, -0.25) is 13.9 Å². The van der Waals surface area contributed by atoms with Crippen molar-refractivity contribution in [2.24, 2.45) is 0 Å². The number of hydrogen-bond donors (Lipinski definition) is 1. The van der Waals surface area contributed by atoms with Crippen molar-refractivity contribution in [3.63, 3.8) is 0 Å². The number of aryl methyl sites for hydroxylation is 1. The smallest absolute Gasteiger partial charge is 0.264 e. The molecule has 3 rings (SSSR count). The highest BCUT2D eigenvalue weighted by molar-refractivity contribution is 7.92. The van der Waals surface area contributed by atoms with Crippen LogP contribution in [0.4, 0.5) is 5.69 Å². The molecule has 0 bridgehead atoms. The Labute approximate surface area is 261 Å². The molecule has 3 aromatic rings. The Kier molecular flexibility index (Phi) is 11.8. The van der Waals surface area contributed by atoms with Crippen molar-refractivity contribution in [1.82, 2.24) is 10.2 Å². The third kappa shape index (κ3) is 8.30. The van der Waals surface area contributed by atoms with E-state index in [4.69, 9.17) is 46.4 Å². The molecule has 0 fully saturated rings. The fourth-order valence-electron chi connectivity index (χ4n) is 4.13. The van der Waals surface area contributed by atoms with Gasteiger partial charge in [0.1, 0.15) is 12.6 Å². The number of carbonyl (C=O) groups excluding carboxylic acids is 2. The summed E-state index contributed by atoms with van der Waals surface area (Å²) in [6.07, 6.45) is 0.989. The van der Waals surface area contributed by atoms with Crippen LogP contribution in [-0.4, -0.2) is 44.3 Å². The van der Waals surface area contributed by atoms with Crippen LogP contribution in [0.5, 0.6) is 0 Å². The average Bonchev–Trinajstić information content (AvgIpc) is 2.93. The van der Waals surface area contributed by atoms with E-state index >= 15 is 0 Å². The summed E-state index contributed by atoms with van der Waals surface area (Å²) < 4.78 is 28.8. The van der Waals surface area contributed by atoms with E-state index in [2.05, 4.69) is 5.32 Å². The van der Waals surface area contributed by atoms with Crippen LogP contribution in [0.3, 0.4) is 0 Å². The first-order chi connectivity index (χ1) is 19.4. The summed E-state index contributed by atoms with van der Waals surface area (Å²) in [5.74, 6) is -0.966. The zero-order chi connectivity index (χ0) is 30.3. The minimum Gasteiger partial charge on any atom is -0.354 e. The van der Waals surface area contributed by atoms with Gasteiger partial charge in [0.25, 0.3) is 10.0 Å². The number of halogens is 4. The normalized spacial score (nSPS) is 12.1. The largest absolute Gasteiger partial charge is 0.354 e. The Hall–Kier alpha value is -2.49. The monoisotopic (exact) mass is 657 g/mol. The summed E-state index contributed by atoms with van der Waals surface area (Å²) in [6, 6.07) is 14.5. The van der Waals surface area contributed by atoms with Crippen molar-refractivity contribution in [2.45, 2.75) is 51.1 Å². The van der Waals surface area contributed by atoms with Gasteiger partial charge in [-0.25, -0.2) is 8.42 Å². The number of hydrogen-bond acceptors (Lipinski definition) is 4. The van der Waals surface area contributed by atoms with Gasteiger partial charge in [0.2, 0.25) is 11.8 Å². The number of rotatable bonds is 12. The standard InChI is InChI=1S/C29H31Cl4N3O4S/c1-4-14-34-29(38)27(5-2)35(17-20-8-9-21(30)15-25(20)32)28(37)18-36(22-10-13-24(31)26(33)16-22)41(39,40)23-11-6-19(3)7-12-23/h6-13,15-16,27H,4-5,14,17-18H2,1-3H3,(H,34,38)/t27-/m0/s1. The fraction of sp³-hybridized carbons (Fsp3) is 0.310. The molecule has 0 aliphatic rings. The first kappa shape index (κ1) is 33.0. The summed E-state index contributed by atoms with van der Waals surface area (Å²) in [5, 5.41) is 3.92. The minimum absolute atomic E-state index is 0.0120. The number of amides is 2. The van der Waals surface area contributed by atoms with Gasteiger partial charge in [0.05, 0.1) is 20.6 Å². The van der Waals surface area contributed by atoms with Crippen LogP contribution in [0.15, 0.2) is 65.6 Å². The molecular weight excluding hydrogens is 628 g/mol. The van der Waals surface area contributed by atoms with Gasteiger partial charge in [0, 0.05) is 23.1 Å². The number of nitrogens with one attached hydrogen (secondary N) is 1. The van der Waals surface area contributed by atoms with E-state index in [0.717, 1.165) is 9.87 Å². The van der Waals surface area contributed by atoms with Crippen LogP contribution < -0.4 is 9.62 Å². The number of benzene rings is 3. The van der Waals surface area contributed by atoms with E-state index < -0.39 is 28.5 Å². The maximum atomic E-state index is 14.1. The molecule has 0 unspecified atom stereocenters. The Balaban J connectivity index is 2.10. The lowest BCUT2D eigenvalue weighted by molar-refractivity contribution is -0.140. The van der Waals surface area contributed by atoms with Gasteiger partial charge in [-0.15, -0.1) is 0 Å². The molecular formula is C29H31Cl4N3O4S. The van der Waals surface area contributed by atoms with Crippen LogP contribution in [0.2, 0.25) is 20.1 Å². The zero-order valence-electron chi connectivity index (χ0n) is 22.8. The molecule has 0 saturated heterocycles. The van der Waals surface area contributed by atoms with Crippen molar-refractivity contribution >= 4 is 73.9 Å². The second-order valence-corrected chi connectivity index (χ2v) is 12.9. The predicted octanol–water partition coefficient (Wildman–Crippen LogP) is 7.14. The van der Waals surface area contributed by atoms with Crippen molar-refractivity contribution in [1.29, 1.82) is 0 Å². The van der Waals surface area contributed by atoms with Crippen molar-refractivity contribution in [3.05, 3.63) is 91.9 Å². The highest BCUT2D eigenvalue weighted by atomic mass is 35.5. The first-order valence-electron chi connectivity index (χ1n) is 12.9.